The Morgan fingerprint density at radius 2 is 1.47 bits per heavy atom. The molecule has 0 aromatic rings. The van der Waals surface area contributed by atoms with Gasteiger partial charge in [-0.3, -0.25) is 4.79 Å². The molecule has 2 saturated carbocycles. The SMILES string of the molecule is CC1CC(C)CC(NC(=O)C2CC(C)CC(N)C2)C1. The molecule has 0 aromatic heterocycles. The van der Waals surface area contributed by atoms with E-state index in [1.54, 1.807) is 0 Å². The maximum Gasteiger partial charge on any atom is 0.223 e. The zero-order valence-corrected chi connectivity index (χ0v) is 12.7. The van der Waals surface area contributed by atoms with Crippen LogP contribution in [0.5, 0.6) is 0 Å². The van der Waals surface area contributed by atoms with Crippen LogP contribution in [0.2, 0.25) is 0 Å². The molecule has 0 aromatic carbocycles. The molecule has 19 heavy (non-hydrogen) atoms. The third-order valence-corrected chi connectivity index (χ3v) is 4.87. The second kappa shape index (κ2) is 6.25. The predicted molar refractivity (Wildman–Crippen MR) is 78.6 cm³/mol. The van der Waals surface area contributed by atoms with Crippen LogP contribution < -0.4 is 11.1 Å². The first-order chi connectivity index (χ1) is 8.94. The lowest BCUT2D eigenvalue weighted by atomic mass is 9.78. The van der Waals surface area contributed by atoms with E-state index in [-0.39, 0.29) is 17.9 Å². The number of hydrogen-bond donors (Lipinski definition) is 2. The van der Waals surface area contributed by atoms with Crippen molar-refractivity contribution in [2.75, 3.05) is 0 Å². The molecule has 5 unspecified atom stereocenters. The smallest absolute Gasteiger partial charge is 0.223 e. The van der Waals surface area contributed by atoms with Gasteiger partial charge >= 0.3 is 0 Å². The normalized spacial score (nSPS) is 43.8. The van der Waals surface area contributed by atoms with Crippen LogP contribution in [0.4, 0.5) is 0 Å². The Hall–Kier alpha value is -0.570. The minimum Gasteiger partial charge on any atom is -0.353 e. The standard InChI is InChI=1S/C16H30N2O/c1-10-4-11(2)8-15(7-10)18-16(19)13-5-12(3)6-14(17)9-13/h10-15H,4-9,17H2,1-3H3,(H,18,19). The van der Waals surface area contributed by atoms with Crippen molar-refractivity contribution in [1.82, 2.24) is 5.32 Å². The Kier molecular flexibility index (Phi) is 4.88. The second-order valence-electron chi connectivity index (χ2n) is 7.39. The minimum atomic E-state index is 0.145. The maximum absolute atomic E-state index is 12.4. The molecule has 0 aliphatic heterocycles. The summed E-state index contributed by atoms with van der Waals surface area (Å²) in [7, 11) is 0. The monoisotopic (exact) mass is 266 g/mol. The van der Waals surface area contributed by atoms with Gasteiger partial charge in [0.15, 0.2) is 0 Å². The largest absolute Gasteiger partial charge is 0.353 e. The fraction of sp³-hybridized carbons (Fsp3) is 0.938. The van der Waals surface area contributed by atoms with E-state index in [1.165, 1.54) is 6.42 Å². The van der Waals surface area contributed by atoms with Crippen LogP contribution in [0.25, 0.3) is 0 Å². The summed E-state index contributed by atoms with van der Waals surface area (Å²) in [6.45, 7) is 6.81. The number of carbonyl (C=O) groups excluding carboxylic acids is 1. The lowest BCUT2D eigenvalue weighted by Crippen LogP contribution is -2.45. The van der Waals surface area contributed by atoms with Gasteiger partial charge in [0.1, 0.15) is 0 Å². The molecule has 2 rings (SSSR count). The molecule has 3 N–H and O–H groups in total. The number of rotatable bonds is 2. The first kappa shape index (κ1) is 14.8. The molecular formula is C16H30N2O. The van der Waals surface area contributed by atoms with Crippen LogP contribution in [0.1, 0.15) is 59.3 Å². The quantitative estimate of drug-likeness (QED) is 0.807. The van der Waals surface area contributed by atoms with E-state index in [4.69, 9.17) is 5.73 Å². The van der Waals surface area contributed by atoms with Crippen molar-refractivity contribution < 1.29 is 4.79 Å². The molecule has 0 heterocycles. The third kappa shape index (κ3) is 4.20. The molecule has 3 nitrogen and oxygen atoms in total. The van der Waals surface area contributed by atoms with Gasteiger partial charge in [-0.2, -0.15) is 0 Å². The molecule has 3 heteroatoms. The summed E-state index contributed by atoms with van der Waals surface area (Å²) in [6.07, 6.45) is 6.54. The zero-order valence-electron chi connectivity index (χ0n) is 12.7. The van der Waals surface area contributed by atoms with Crippen LogP contribution in [-0.4, -0.2) is 18.0 Å². The molecule has 0 bridgehead atoms. The van der Waals surface area contributed by atoms with E-state index in [1.807, 2.05) is 0 Å². The van der Waals surface area contributed by atoms with Gasteiger partial charge in [-0.1, -0.05) is 20.8 Å². The zero-order chi connectivity index (χ0) is 14.0. The van der Waals surface area contributed by atoms with Crippen molar-refractivity contribution in [3.63, 3.8) is 0 Å². The van der Waals surface area contributed by atoms with Crippen molar-refractivity contribution >= 4 is 5.91 Å². The second-order valence-corrected chi connectivity index (χ2v) is 7.39. The van der Waals surface area contributed by atoms with E-state index in [2.05, 4.69) is 26.1 Å². The fourth-order valence-corrected chi connectivity index (χ4v) is 4.25. The summed E-state index contributed by atoms with van der Waals surface area (Å²) in [4.78, 5) is 12.4. The Morgan fingerprint density at radius 1 is 0.895 bits per heavy atom. The molecule has 0 radical (unpaired) electrons. The number of amides is 1. The number of hydrogen-bond acceptors (Lipinski definition) is 2. The molecule has 0 saturated heterocycles. The number of nitrogens with two attached hydrogens (primary N) is 1. The van der Waals surface area contributed by atoms with Crippen LogP contribution >= 0.6 is 0 Å². The Morgan fingerprint density at radius 3 is 2.05 bits per heavy atom. The summed E-state index contributed by atoms with van der Waals surface area (Å²) in [5.74, 6) is 2.46. The molecular weight excluding hydrogens is 236 g/mol. The van der Waals surface area contributed by atoms with Gasteiger partial charge < -0.3 is 11.1 Å². The van der Waals surface area contributed by atoms with Gasteiger partial charge in [-0.05, 0) is 56.3 Å². The molecule has 1 amide bonds. The minimum absolute atomic E-state index is 0.145. The highest BCUT2D eigenvalue weighted by Gasteiger charge is 2.32. The van der Waals surface area contributed by atoms with Crippen molar-refractivity contribution in [3.05, 3.63) is 0 Å². The summed E-state index contributed by atoms with van der Waals surface area (Å²) < 4.78 is 0. The maximum atomic E-state index is 12.4. The molecule has 110 valence electrons. The van der Waals surface area contributed by atoms with Gasteiger partial charge in [-0.15, -0.1) is 0 Å². The van der Waals surface area contributed by atoms with Gasteiger partial charge in [0.25, 0.3) is 0 Å². The topological polar surface area (TPSA) is 55.1 Å². The molecule has 5 atom stereocenters. The Balaban J connectivity index is 1.86. The first-order valence-corrected chi connectivity index (χ1v) is 8.00. The van der Waals surface area contributed by atoms with Gasteiger partial charge in [0, 0.05) is 18.0 Å². The van der Waals surface area contributed by atoms with Crippen LogP contribution in [0.3, 0.4) is 0 Å². The predicted octanol–water partition coefficient (Wildman–Crippen LogP) is 2.69. The molecule has 2 aliphatic carbocycles. The third-order valence-electron chi connectivity index (χ3n) is 4.87. The first-order valence-electron chi connectivity index (χ1n) is 8.00. The van der Waals surface area contributed by atoms with E-state index in [0.717, 1.165) is 43.9 Å². The number of carbonyl (C=O) groups is 1. The van der Waals surface area contributed by atoms with Crippen molar-refractivity contribution in [1.29, 1.82) is 0 Å². The van der Waals surface area contributed by atoms with Crippen molar-refractivity contribution in [2.45, 2.75) is 71.4 Å². The van der Waals surface area contributed by atoms with Gasteiger partial charge in [0.05, 0.1) is 0 Å². The van der Waals surface area contributed by atoms with Gasteiger partial charge in [-0.25, -0.2) is 0 Å². The summed E-state index contributed by atoms with van der Waals surface area (Å²) in [5.41, 5.74) is 6.05. The van der Waals surface area contributed by atoms with Crippen molar-refractivity contribution in [3.8, 4) is 0 Å². The lowest BCUT2D eigenvalue weighted by Gasteiger charge is -2.35. The average molecular weight is 266 g/mol. The lowest BCUT2D eigenvalue weighted by molar-refractivity contribution is -0.127. The molecule has 0 spiro atoms. The summed E-state index contributed by atoms with van der Waals surface area (Å²) in [5, 5.41) is 3.30. The van der Waals surface area contributed by atoms with E-state index in [9.17, 15) is 4.79 Å². The van der Waals surface area contributed by atoms with E-state index >= 15 is 0 Å². The summed E-state index contributed by atoms with van der Waals surface area (Å²) >= 11 is 0. The Bertz CT molecular complexity index is 298. The van der Waals surface area contributed by atoms with Crippen molar-refractivity contribution in [2.24, 2.45) is 29.4 Å². The van der Waals surface area contributed by atoms with Crippen LogP contribution in [0.15, 0.2) is 0 Å². The average Bonchev–Trinajstić information content (AvgIpc) is 2.25. The number of nitrogens with one attached hydrogen (secondary N) is 1. The summed E-state index contributed by atoms with van der Waals surface area (Å²) in [6, 6.07) is 0.600. The highest BCUT2D eigenvalue weighted by Crippen LogP contribution is 2.31. The fourth-order valence-electron chi connectivity index (χ4n) is 4.25. The van der Waals surface area contributed by atoms with E-state index in [0.29, 0.717) is 12.0 Å². The highest BCUT2D eigenvalue weighted by molar-refractivity contribution is 5.79. The van der Waals surface area contributed by atoms with Crippen LogP contribution in [-0.2, 0) is 4.79 Å². The Labute approximate surface area is 117 Å². The molecule has 2 aliphatic rings. The molecule has 2 fully saturated rings. The highest BCUT2D eigenvalue weighted by atomic mass is 16.1. The van der Waals surface area contributed by atoms with Crippen LogP contribution in [0, 0.1) is 23.7 Å². The van der Waals surface area contributed by atoms with Gasteiger partial charge in [0.2, 0.25) is 5.91 Å². The van der Waals surface area contributed by atoms with E-state index < -0.39 is 0 Å².